The highest BCUT2D eigenvalue weighted by atomic mass is 16.3. The SMILES string of the molecule is NC1CCC(c2cc3cc(-c4ccccc4O)nnc3[nH]2)CC1. The summed E-state index contributed by atoms with van der Waals surface area (Å²) in [6.07, 6.45) is 4.39. The van der Waals surface area contributed by atoms with Gasteiger partial charge in [0.05, 0.1) is 5.69 Å². The van der Waals surface area contributed by atoms with E-state index in [2.05, 4.69) is 21.2 Å². The molecule has 5 heteroatoms. The summed E-state index contributed by atoms with van der Waals surface area (Å²) in [6.45, 7) is 0. The normalized spacial score (nSPS) is 21.6. The van der Waals surface area contributed by atoms with Gasteiger partial charge >= 0.3 is 0 Å². The molecule has 0 spiro atoms. The van der Waals surface area contributed by atoms with E-state index in [9.17, 15) is 5.11 Å². The molecule has 4 rings (SSSR count). The average Bonchev–Trinajstić information content (AvgIpc) is 2.99. The zero-order chi connectivity index (χ0) is 15.8. The van der Waals surface area contributed by atoms with Crippen LogP contribution in [0, 0.1) is 0 Å². The van der Waals surface area contributed by atoms with Crippen molar-refractivity contribution in [3.8, 4) is 17.0 Å². The van der Waals surface area contributed by atoms with E-state index in [1.165, 1.54) is 5.69 Å². The number of phenols is 1. The molecule has 5 nitrogen and oxygen atoms in total. The molecule has 0 unspecified atom stereocenters. The fraction of sp³-hybridized carbons (Fsp3) is 0.333. The average molecular weight is 308 g/mol. The lowest BCUT2D eigenvalue weighted by molar-refractivity contribution is 0.391. The molecule has 118 valence electrons. The second kappa shape index (κ2) is 5.66. The molecule has 23 heavy (non-hydrogen) atoms. The van der Waals surface area contributed by atoms with Crippen molar-refractivity contribution in [3.63, 3.8) is 0 Å². The monoisotopic (exact) mass is 308 g/mol. The number of nitrogens with zero attached hydrogens (tertiary/aromatic N) is 2. The van der Waals surface area contributed by atoms with E-state index in [0.717, 1.165) is 36.7 Å². The highest BCUT2D eigenvalue weighted by Gasteiger charge is 2.21. The summed E-state index contributed by atoms with van der Waals surface area (Å²) in [5.74, 6) is 0.746. The first-order valence-electron chi connectivity index (χ1n) is 8.11. The summed E-state index contributed by atoms with van der Waals surface area (Å²) < 4.78 is 0. The molecule has 0 amide bonds. The van der Waals surface area contributed by atoms with Gasteiger partial charge in [-0.25, -0.2) is 0 Å². The minimum atomic E-state index is 0.221. The Bertz CT molecular complexity index is 834. The molecule has 1 fully saturated rings. The van der Waals surface area contributed by atoms with Crippen molar-refractivity contribution in [2.45, 2.75) is 37.6 Å². The van der Waals surface area contributed by atoms with E-state index in [0.29, 0.717) is 23.2 Å². The van der Waals surface area contributed by atoms with Gasteiger partial charge in [0.1, 0.15) is 5.75 Å². The van der Waals surface area contributed by atoms with Crippen LogP contribution in [0.2, 0.25) is 0 Å². The maximum absolute atomic E-state index is 9.98. The smallest absolute Gasteiger partial charge is 0.160 e. The predicted molar refractivity (Wildman–Crippen MR) is 90.2 cm³/mol. The Kier molecular flexibility index (Phi) is 3.50. The Morgan fingerprint density at radius 3 is 2.61 bits per heavy atom. The first kappa shape index (κ1) is 14.2. The number of hydrogen-bond acceptors (Lipinski definition) is 4. The van der Waals surface area contributed by atoms with Crippen molar-refractivity contribution in [2.75, 3.05) is 0 Å². The number of nitrogens with one attached hydrogen (secondary N) is 1. The first-order chi connectivity index (χ1) is 11.2. The Labute approximate surface area is 134 Å². The number of benzene rings is 1. The molecular formula is C18H20N4O. The van der Waals surface area contributed by atoms with E-state index in [-0.39, 0.29) is 5.75 Å². The van der Waals surface area contributed by atoms with E-state index in [1.54, 1.807) is 12.1 Å². The molecule has 2 heterocycles. The van der Waals surface area contributed by atoms with Crippen molar-refractivity contribution < 1.29 is 5.11 Å². The predicted octanol–water partition coefficient (Wildman–Crippen LogP) is 3.32. The van der Waals surface area contributed by atoms with Crippen LogP contribution < -0.4 is 5.73 Å². The van der Waals surface area contributed by atoms with E-state index < -0.39 is 0 Å². The third kappa shape index (κ3) is 2.68. The summed E-state index contributed by atoms with van der Waals surface area (Å²) in [5, 5.41) is 19.5. The molecule has 0 radical (unpaired) electrons. The van der Waals surface area contributed by atoms with Crippen molar-refractivity contribution in [1.82, 2.24) is 15.2 Å². The number of fused-ring (bicyclic) bond motifs is 1. The molecule has 0 bridgehead atoms. The number of aromatic nitrogens is 3. The molecule has 0 atom stereocenters. The number of H-pyrrole nitrogens is 1. The molecule has 2 aromatic heterocycles. The number of aromatic hydroxyl groups is 1. The zero-order valence-corrected chi connectivity index (χ0v) is 12.9. The van der Waals surface area contributed by atoms with Gasteiger partial charge < -0.3 is 15.8 Å². The fourth-order valence-electron chi connectivity index (χ4n) is 3.43. The van der Waals surface area contributed by atoms with Crippen molar-refractivity contribution >= 4 is 11.0 Å². The molecule has 4 N–H and O–H groups in total. The van der Waals surface area contributed by atoms with Crippen molar-refractivity contribution in [1.29, 1.82) is 0 Å². The topological polar surface area (TPSA) is 87.8 Å². The Morgan fingerprint density at radius 2 is 1.83 bits per heavy atom. The van der Waals surface area contributed by atoms with Gasteiger partial charge in [0.2, 0.25) is 0 Å². The molecule has 1 aliphatic carbocycles. The van der Waals surface area contributed by atoms with Crippen LogP contribution in [-0.2, 0) is 0 Å². The molecule has 3 aromatic rings. The second-order valence-corrected chi connectivity index (χ2v) is 6.39. The van der Waals surface area contributed by atoms with Gasteiger partial charge in [-0.05, 0) is 55.9 Å². The number of phenolic OH excluding ortho intramolecular Hbond substituents is 1. The van der Waals surface area contributed by atoms with Crippen LogP contribution in [0.15, 0.2) is 36.4 Å². The van der Waals surface area contributed by atoms with Crippen LogP contribution >= 0.6 is 0 Å². The highest BCUT2D eigenvalue weighted by Crippen LogP contribution is 2.34. The van der Waals surface area contributed by atoms with Crippen LogP contribution in [0.1, 0.15) is 37.3 Å². The maximum Gasteiger partial charge on any atom is 0.160 e. The van der Waals surface area contributed by atoms with E-state index in [4.69, 9.17) is 5.73 Å². The van der Waals surface area contributed by atoms with Crippen LogP contribution in [0.3, 0.4) is 0 Å². The van der Waals surface area contributed by atoms with Gasteiger partial charge in [-0.2, -0.15) is 0 Å². The summed E-state index contributed by atoms with van der Waals surface area (Å²) >= 11 is 0. The highest BCUT2D eigenvalue weighted by molar-refractivity contribution is 5.81. The van der Waals surface area contributed by atoms with Crippen LogP contribution in [-0.4, -0.2) is 26.3 Å². The minimum Gasteiger partial charge on any atom is -0.507 e. The maximum atomic E-state index is 9.98. The minimum absolute atomic E-state index is 0.221. The van der Waals surface area contributed by atoms with Gasteiger partial charge in [0.25, 0.3) is 0 Å². The Hall–Kier alpha value is -2.40. The molecule has 1 aliphatic rings. The number of aromatic amines is 1. The second-order valence-electron chi connectivity index (χ2n) is 6.39. The number of rotatable bonds is 2. The first-order valence-corrected chi connectivity index (χ1v) is 8.11. The van der Waals surface area contributed by atoms with E-state index in [1.807, 2.05) is 18.2 Å². The fourth-order valence-corrected chi connectivity index (χ4v) is 3.43. The molecule has 0 saturated heterocycles. The summed E-state index contributed by atoms with van der Waals surface area (Å²) in [6, 6.07) is 11.7. The molecular weight excluding hydrogens is 288 g/mol. The van der Waals surface area contributed by atoms with Crippen LogP contribution in [0.4, 0.5) is 0 Å². The quantitative estimate of drug-likeness (QED) is 0.677. The Morgan fingerprint density at radius 1 is 1.04 bits per heavy atom. The van der Waals surface area contributed by atoms with Gasteiger partial charge in [0, 0.05) is 22.7 Å². The third-order valence-electron chi connectivity index (χ3n) is 4.79. The van der Waals surface area contributed by atoms with E-state index >= 15 is 0 Å². The van der Waals surface area contributed by atoms with Gasteiger partial charge in [-0.1, -0.05) is 12.1 Å². The summed E-state index contributed by atoms with van der Waals surface area (Å²) in [5.41, 5.74) is 9.40. The summed E-state index contributed by atoms with van der Waals surface area (Å²) in [7, 11) is 0. The van der Waals surface area contributed by atoms with Crippen LogP contribution in [0.25, 0.3) is 22.3 Å². The molecule has 1 saturated carbocycles. The third-order valence-corrected chi connectivity index (χ3v) is 4.79. The lowest BCUT2D eigenvalue weighted by atomic mass is 9.84. The largest absolute Gasteiger partial charge is 0.507 e. The lowest BCUT2D eigenvalue weighted by Crippen LogP contribution is -2.25. The van der Waals surface area contributed by atoms with Gasteiger partial charge in [0.15, 0.2) is 5.65 Å². The van der Waals surface area contributed by atoms with Gasteiger partial charge in [-0.15, -0.1) is 10.2 Å². The van der Waals surface area contributed by atoms with Crippen molar-refractivity contribution in [3.05, 3.63) is 42.1 Å². The van der Waals surface area contributed by atoms with Gasteiger partial charge in [-0.3, -0.25) is 0 Å². The lowest BCUT2D eigenvalue weighted by Gasteiger charge is -2.25. The molecule has 1 aromatic carbocycles. The number of hydrogen-bond donors (Lipinski definition) is 3. The molecule has 0 aliphatic heterocycles. The standard InChI is InChI=1S/C18H20N4O/c19-13-7-5-11(6-8-13)15-9-12-10-16(21-22-18(12)20-15)14-3-1-2-4-17(14)23/h1-4,9-11,13,23H,5-8,19H2,(H,20,22). The van der Waals surface area contributed by atoms with Crippen LogP contribution in [0.5, 0.6) is 5.75 Å². The Balaban J connectivity index is 1.69. The number of para-hydroxylation sites is 1. The summed E-state index contributed by atoms with van der Waals surface area (Å²) in [4.78, 5) is 3.40. The zero-order valence-electron chi connectivity index (χ0n) is 12.9. The van der Waals surface area contributed by atoms with Crippen molar-refractivity contribution in [2.24, 2.45) is 5.73 Å². The number of nitrogens with two attached hydrogens (primary N) is 1.